The molecule has 72 valence electrons. The van der Waals surface area contributed by atoms with Gasteiger partial charge in [-0.1, -0.05) is 44.0 Å². The van der Waals surface area contributed by atoms with E-state index < -0.39 is 0 Å². The van der Waals surface area contributed by atoms with Crippen LogP contribution >= 0.6 is 31.9 Å². The lowest BCUT2D eigenvalue weighted by Gasteiger charge is -2.09. The third kappa shape index (κ3) is 3.69. The molecule has 1 aromatic rings. The number of hydrogen-bond acceptors (Lipinski definition) is 1. The number of phenolic OH excluding ortho intramolecular Hbond substituents is 1. The zero-order valence-electron chi connectivity index (χ0n) is 7.21. The maximum Gasteiger partial charge on any atom is 0.115 e. The summed E-state index contributed by atoms with van der Waals surface area (Å²) in [6, 6.07) is 7.39. The highest BCUT2D eigenvalue weighted by Gasteiger charge is 2.05. The highest BCUT2D eigenvalue weighted by molar-refractivity contribution is 9.09. The largest absolute Gasteiger partial charge is 0.508 e. The Morgan fingerprint density at radius 1 is 1.08 bits per heavy atom. The minimum absolute atomic E-state index is 0.331. The van der Waals surface area contributed by atoms with Gasteiger partial charge in [-0.2, -0.15) is 0 Å². The molecule has 0 saturated carbocycles. The normalized spacial score (nSPS) is 10.7. The molecule has 0 unspecified atom stereocenters. The first-order valence-corrected chi connectivity index (χ1v) is 6.40. The Hall–Kier alpha value is -0.0200. The second kappa shape index (κ2) is 5.66. The number of phenols is 1. The van der Waals surface area contributed by atoms with E-state index >= 15 is 0 Å². The van der Waals surface area contributed by atoms with Crippen LogP contribution in [0.3, 0.4) is 0 Å². The van der Waals surface area contributed by atoms with E-state index in [9.17, 15) is 0 Å². The van der Waals surface area contributed by atoms with E-state index in [4.69, 9.17) is 5.11 Å². The molecule has 0 bridgehead atoms. The SMILES string of the molecule is Oc1ccc(CC(CBr)CBr)cc1. The Labute approximate surface area is 95.4 Å². The van der Waals surface area contributed by atoms with Crippen molar-refractivity contribution < 1.29 is 5.11 Å². The number of halogens is 2. The van der Waals surface area contributed by atoms with Gasteiger partial charge >= 0.3 is 0 Å². The monoisotopic (exact) mass is 306 g/mol. The van der Waals surface area contributed by atoms with Gasteiger partial charge in [0.05, 0.1) is 0 Å². The van der Waals surface area contributed by atoms with Crippen molar-refractivity contribution in [3.05, 3.63) is 29.8 Å². The fourth-order valence-corrected chi connectivity index (χ4v) is 2.65. The highest BCUT2D eigenvalue weighted by atomic mass is 79.9. The fraction of sp³-hybridized carbons (Fsp3) is 0.400. The quantitative estimate of drug-likeness (QED) is 0.846. The lowest BCUT2D eigenvalue weighted by atomic mass is 10.0. The Bertz CT molecular complexity index is 242. The van der Waals surface area contributed by atoms with E-state index in [0.717, 1.165) is 17.1 Å². The number of aromatic hydroxyl groups is 1. The molecule has 0 amide bonds. The average Bonchev–Trinajstić information content (AvgIpc) is 2.17. The zero-order chi connectivity index (χ0) is 9.68. The Kier molecular flexibility index (Phi) is 4.81. The zero-order valence-corrected chi connectivity index (χ0v) is 10.4. The molecule has 0 aliphatic carbocycles. The fourth-order valence-electron chi connectivity index (χ4n) is 1.12. The first-order valence-electron chi connectivity index (χ1n) is 4.16. The minimum Gasteiger partial charge on any atom is -0.508 e. The topological polar surface area (TPSA) is 20.2 Å². The van der Waals surface area contributed by atoms with E-state index in [2.05, 4.69) is 31.9 Å². The molecule has 3 heteroatoms. The van der Waals surface area contributed by atoms with Gasteiger partial charge in [0.1, 0.15) is 5.75 Å². The highest BCUT2D eigenvalue weighted by Crippen LogP contribution is 2.16. The van der Waals surface area contributed by atoms with Crippen LogP contribution in [-0.4, -0.2) is 15.8 Å². The third-order valence-electron chi connectivity index (χ3n) is 1.90. The third-order valence-corrected chi connectivity index (χ3v) is 3.73. The van der Waals surface area contributed by atoms with Crippen LogP contribution in [0, 0.1) is 5.92 Å². The summed E-state index contributed by atoms with van der Waals surface area (Å²) in [5.41, 5.74) is 1.27. The predicted molar refractivity (Wildman–Crippen MR) is 62.9 cm³/mol. The molecule has 0 heterocycles. The van der Waals surface area contributed by atoms with Crippen molar-refractivity contribution in [3.8, 4) is 5.75 Å². The summed E-state index contributed by atoms with van der Waals surface area (Å²) in [6.45, 7) is 0. The summed E-state index contributed by atoms with van der Waals surface area (Å²) < 4.78 is 0. The van der Waals surface area contributed by atoms with Gasteiger partial charge in [-0.15, -0.1) is 0 Å². The van der Waals surface area contributed by atoms with Crippen molar-refractivity contribution in [1.29, 1.82) is 0 Å². The van der Waals surface area contributed by atoms with Gasteiger partial charge in [0.2, 0.25) is 0 Å². The van der Waals surface area contributed by atoms with Gasteiger partial charge in [-0.3, -0.25) is 0 Å². The molecule has 1 N–H and O–H groups in total. The molecule has 13 heavy (non-hydrogen) atoms. The van der Waals surface area contributed by atoms with Gasteiger partial charge < -0.3 is 5.11 Å². The lowest BCUT2D eigenvalue weighted by Crippen LogP contribution is -2.07. The molecule has 0 aliphatic heterocycles. The summed E-state index contributed by atoms with van der Waals surface area (Å²) in [5, 5.41) is 11.1. The average molecular weight is 308 g/mol. The van der Waals surface area contributed by atoms with Crippen molar-refractivity contribution >= 4 is 31.9 Å². The Morgan fingerprint density at radius 2 is 1.62 bits per heavy atom. The summed E-state index contributed by atoms with van der Waals surface area (Å²) in [6.07, 6.45) is 1.04. The van der Waals surface area contributed by atoms with Crippen LogP contribution in [0.4, 0.5) is 0 Å². The van der Waals surface area contributed by atoms with Crippen LogP contribution in [0.15, 0.2) is 24.3 Å². The number of rotatable bonds is 4. The molecule has 0 fully saturated rings. The van der Waals surface area contributed by atoms with Gasteiger partial charge in [-0.05, 0) is 30.0 Å². The van der Waals surface area contributed by atoms with E-state index in [1.54, 1.807) is 12.1 Å². The molecule has 1 aromatic carbocycles. The van der Waals surface area contributed by atoms with Crippen molar-refractivity contribution in [1.82, 2.24) is 0 Å². The molecule has 0 aromatic heterocycles. The van der Waals surface area contributed by atoms with Gasteiger partial charge in [0.25, 0.3) is 0 Å². The van der Waals surface area contributed by atoms with Gasteiger partial charge in [0.15, 0.2) is 0 Å². The van der Waals surface area contributed by atoms with Crippen LogP contribution < -0.4 is 0 Å². The molecule has 1 nitrogen and oxygen atoms in total. The molecule has 0 aliphatic rings. The second-order valence-electron chi connectivity index (χ2n) is 3.05. The van der Waals surface area contributed by atoms with Crippen molar-refractivity contribution in [2.75, 3.05) is 10.7 Å². The molecular formula is C10H12Br2O. The summed E-state index contributed by atoms with van der Waals surface area (Å²) >= 11 is 6.94. The first-order chi connectivity index (χ1) is 6.26. The van der Waals surface area contributed by atoms with E-state index in [-0.39, 0.29) is 0 Å². The lowest BCUT2D eigenvalue weighted by molar-refractivity contribution is 0.475. The first kappa shape index (κ1) is 11.1. The number of benzene rings is 1. The predicted octanol–water partition coefficient (Wildman–Crippen LogP) is 3.34. The van der Waals surface area contributed by atoms with Gasteiger partial charge in [0, 0.05) is 10.7 Å². The molecule has 0 spiro atoms. The number of alkyl halides is 2. The Balaban J connectivity index is 2.58. The standard InChI is InChI=1S/C10H12Br2O/c11-6-9(7-12)5-8-1-3-10(13)4-2-8/h1-4,9,13H,5-7H2. The minimum atomic E-state index is 0.331. The van der Waals surface area contributed by atoms with Crippen LogP contribution in [-0.2, 0) is 6.42 Å². The van der Waals surface area contributed by atoms with Crippen LogP contribution in [0.25, 0.3) is 0 Å². The molecular weight excluding hydrogens is 296 g/mol. The molecule has 0 radical (unpaired) electrons. The Morgan fingerprint density at radius 3 is 2.08 bits per heavy atom. The second-order valence-corrected chi connectivity index (χ2v) is 4.34. The van der Waals surface area contributed by atoms with Gasteiger partial charge in [-0.25, -0.2) is 0 Å². The number of hydrogen-bond donors (Lipinski definition) is 1. The summed E-state index contributed by atoms with van der Waals surface area (Å²) in [5.74, 6) is 0.947. The molecule has 0 saturated heterocycles. The van der Waals surface area contributed by atoms with Crippen molar-refractivity contribution in [3.63, 3.8) is 0 Å². The van der Waals surface area contributed by atoms with Crippen LogP contribution in [0.5, 0.6) is 5.75 Å². The van der Waals surface area contributed by atoms with Crippen LogP contribution in [0.2, 0.25) is 0 Å². The van der Waals surface area contributed by atoms with E-state index in [1.807, 2.05) is 12.1 Å². The molecule has 1 rings (SSSR count). The van der Waals surface area contributed by atoms with E-state index in [0.29, 0.717) is 11.7 Å². The van der Waals surface area contributed by atoms with Crippen LogP contribution in [0.1, 0.15) is 5.56 Å². The smallest absolute Gasteiger partial charge is 0.115 e. The summed E-state index contributed by atoms with van der Waals surface area (Å²) in [7, 11) is 0. The maximum atomic E-state index is 9.09. The van der Waals surface area contributed by atoms with E-state index in [1.165, 1.54) is 5.56 Å². The maximum absolute atomic E-state index is 9.09. The van der Waals surface area contributed by atoms with Crippen molar-refractivity contribution in [2.24, 2.45) is 5.92 Å². The molecule has 0 atom stereocenters. The summed E-state index contributed by atoms with van der Waals surface area (Å²) in [4.78, 5) is 0. The van der Waals surface area contributed by atoms with Crippen molar-refractivity contribution in [2.45, 2.75) is 6.42 Å².